The van der Waals surface area contributed by atoms with Gasteiger partial charge in [0.1, 0.15) is 5.75 Å². The summed E-state index contributed by atoms with van der Waals surface area (Å²) in [6, 6.07) is 21.8. The molecule has 43 heavy (non-hydrogen) atoms. The second-order valence-electron chi connectivity index (χ2n) is 12.5. The molecule has 3 heterocycles. The molecule has 9 heteroatoms. The molecular weight excluding hydrogens is 580 g/mol. The Labute approximate surface area is 259 Å². The van der Waals surface area contributed by atoms with Crippen LogP contribution < -0.4 is 19.7 Å². The minimum absolute atomic E-state index is 0.0246. The van der Waals surface area contributed by atoms with Crippen molar-refractivity contribution in [3.8, 4) is 5.75 Å². The number of benzene rings is 3. The van der Waals surface area contributed by atoms with Gasteiger partial charge in [0.25, 0.3) is 5.91 Å². The highest BCUT2D eigenvalue weighted by Crippen LogP contribution is 2.60. The summed E-state index contributed by atoms with van der Waals surface area (Å²) in [6.07, 6.45) is 1.61. The molecule has 3 aliphatic heterocycles. The Morgan fingerprint density at radius 3 is 2.42 bits per heavy atom. The van der Waals surface area contributed by atoms with Gasteiger partial charge in [0.05, 0.1) is 33.5 Å². The Morgan fingerprint density at radius 1 is 1.07 bits per heavy atom. The van der Waals surface area contributed by atoms with E-state index in [1.165, 1.54) is 5.19 Å². The first-order valence-electron chi connectivity index (χ1n) is 15.1. The molecule has 1 spiro atoms. The molecule has 0 aromatic heterocycles. The number of carbonyl (C=O) groups excluding carboxylic acids is 2. The zero-order valence-corrected chi connectivity index (χ0v) is 26.9. The zero-order valence-electron chi connectivity index (χ0n) is 25.2. The number of nitrogens with zero attached hydrogens (tertiary/aromatic N) is 2. The lowest BCUT2D eigenvalue weighted by molar-refractivity contribution is -0.146. The van der Waals surface area contributed by atoms with Crippen molar-refractivity contribution in [2.45, 2.75) is 63.1 Å². The first kappa shape index (κ1) is 29.9. The van der Waals surface area contributed by atoms with Crippen LogP contribution in [0, 0.1) is 5.92 Å². The molecule has 2 amide bonds. The highest BCUT2D eigenvalue weighted by Gasteiger charge is 2.66. The molecule has 2 fully saturated rings. The van der Waals surface area contributed by atoms with Gasteiger partial charge in [0.2, 0.25) is 5.91 Å². The van der Waals surface area contributed by atoms with Gasteiger partial charge in [-0.25, -0.2) is 0 Å². The van der Waals surface area contributed by atoms with E-state index in [1.54, 1.807) is 7.11 Å². The van der Waals surface area contributed by atoms with Crippen LogP contribution in [0.3, 0.4) is 0 Å². The summed E-state index contributed by atoms with van der Waals surface area (Å²) in [4.78, 5) is 30.6. The number of fused-ring (bicyclic) bond motifs is 2. The number of methoxy groups -OCH3 is 1. The van der Waals surface area contributed by atoms with Crippen molar-refractivity contribution in [1.82, 2.24) is 0 Å². The van der Waals surface area contributed by atoms with Crippen molar-refractivity contribution in [3.05, 3.63) is 82.9 Å². The van der Waals surface area contributed by atoms with Crippen LogP contribution in [-0.4, -0.2) is 51.4 Å². The zero-order chi connectivity index (χ0) is 30.5. The molecule has 0 unspecified atom stereocenters. The molecule has 2 saturated heterocycles. The van der Waals surface area contributed by atoms with Gasteiger partial charge in [0, 0.05) is 41.8 Å². The normalized spacial score (nSPS) is 25.2. The Balaban J connectivity index is 1.37. The minimum Gasteiger partial charge on any atom is -0.497 e. The van der Waals surface area contributed by atoms with Crippen LogP contribution >= 0.6 is 11.6 Å². The van der Waals surface area contributed by atoms with Crippen LogP contribution in [0.15, 0.2) is 66.7 Å². The van der Waals surface area contributed by atoms with Crippen molar-refractivity contribution in [1.29, 1.82) is 0 Å². The fraction of sp³-hybridized carbons (Fsp3) is 0.412. The van der Waals surface area contributed by atoms with Crippen molar-refractivity contribution in [2.75, 3.05) is 30.1 Å². The molecule has 1 N–H and O–H groups in total. The summed E-state index contributed by atoms with van der Waals surface area (Å²) in [5.74, 6) is 0.695. The molecule has 3 aromatic carbocycles. The van der Waals surface area contributed by atoms with E-state index >= 15 is 0 Å². The van der Waals surface area contributed by atoms with E-state index in [2.05, 4.69) is 32.2 Å². The summed E-state index contributed by atoms with van der Waals surface area (Å²) >= 11 is 6.57. The maximum atomic E-state index is 14.7. The predicted molar refractivity (Wildman–Crippen MR) is 172 cm³/mol. The molecule has 0 saturated carbocycles. The standard InChI is InChI=1S/C34H39ClN2O5Si/c1-22-32(43(3,4)27-14-12-26(41-2)13-15-27)30(17-19-38)42-34(22)28-20-24(35)9-16-29(28)37(33(34)40)21-23-7-10-25(11-8-23)36-18-5-6-31(36)39/h7-16,20,22,30,32,38H,5-6,17-19,21H2,1-4H3/t22-,30+,32-,34+/m0/s1. The lowest BCUT2D eigenvalue weighted by Gasteiger charge is -2.37. The van der Waals surface area contributed by atoms with Gasteiger partial charge in [0.15, 0.2) is 5.60 Å². The Morgan fingerprint density at radius 2 is 1.79 bits per heavy atom. The van der Waals surface area contributed by atoms with E-state index in [0.29, 0.717) is 24.4 Å². The largest absolute Gasteiger partial charge is 0.497 e. The van der Waals surface area contributed by atoms with Crippen molar-refractivity contribution in [3.63, 3.8) is 0 Å². The number of amides is 2. The number of aliphatic hydroxyl groups excluding tert-OH is 1. The lowest BCUT2D eigenvalue weighted by Crippen LogP contribution is -2.51. The molecule has 0 bridgehead atoms. The Hall–Kier alpha value is -3.17. The van der Waals surface area contributed by atoms with Gasteiger partial charge < -0.3 is 24.4 Å². The summed E-state index contributed by atoms with van der Waals surface area (Å²) < 4.78 is 12.3. The number of rotatable bonds is 8. The van der Waals surface area contributed by atoms with Crippen LogP contribution in [0.2, 0.25) is 23.7 Å². The molecule has 226 valence electrons. The van der Waals surface area contributed by atoms with Crippen LogP contribution in [0.4, 0.5) is 11.4 Å². The topological polar surface area (TPSA) is 79.3 Å². The molecule has 6 rings (SSSR count). The predicted octanol–water partition coefficient (Wildman–Crippen LogP) is 5.62. The van der Waals surface area contributed by atoms with Gasteiger partial charge in [-0.3, -0.25) is 9.59 Å². The average Bonchev–Trinajstić information content (AvgIpc) is 3.63. The van der Waals surface area contributed by atoms with Gasteiger partial charge in [-0.05, 0) is 66.4 Å². The van der Waals surface area contributed by atoms with Gasteiger partial charge in [-0.2, -0.15) is 0 Å². The maximum absolute atomic E-state index is 14.7. The lowest BCUT2D eigenvalue weighted by atomic mass is 9.82. The van der Waals surface area contributed by atoms with E-state index in [-0.39, 0.29) is 36.0 Å². The third-order valence-electron chi connectivity index (χ3n) is 9.87. The summed E-state index contributed by atoms with van der Waals surface area (Å²) in [6.45, 7) is 7.86. The molecular formula is C34H39ClN2O5Si. The first-order chi connectivity index (χ1) is 20.6. The number of anilines is 2. The number of hydrogen-bond acceptors (Lipinski definition) is 5. The third kappa shape index (κ3) is 4.88. The van der Waals surface area contributed by atoms with E-state index < -0.39 is 13.7 Å². The Bertz CT molecular complexity index is 1530. The highest BCUT2D eigenvalue weighted by molar-refractivity contribution is 6.91. The SMILES string of the molecule is COc1ccc([Si](C)(C)[C@@H]2[C@@H](CCO)O[C@]3(C(=O)N(Cc4ccc(N5CCCC5=O)cc4)c4ccc(Cl)cc43)[C@H]2C)cc1. The number of hydrogen-bond donors (Lipinski definition) is 1. The number of carbonyl (C=O) groups is 2. The van der Waals surface area contributed by atoms with Crippen LogP contribution in [0.5, 0.6) is 5.75 Å². The van der Waals surface area contributed by atoms with Crippen LogP contribution in [0.25, 0.3) is 0 Å². The maximum Gasteiger partial charge on any atom is 0.264 e. The Kier molecular flexibility index (Phi) is 7.92. The van der Waals surface area contributed by atoms with Crippen molar-refractivity contribution < 1.29 is 24.2 Å². The number of aliphatic hydroxyl groups is 1. The summed E-state index contributed by atoms with van der Waals surface area (Å²) in [5, 5.41) is 11.9. The molecule has 4 atom stereocenters. The summed E-state index contributed by atoms with van der Waals surface area (Å²) in [5.41, 5.74) is 2.29. The van der Waals surface area contributed by atoms with Gasteiger partial charge >= 0.3 is 0 Å². The quantitative estimate of drug-likeness (QED) is 0.332. The van der Waals surface area contributed by atoms with E-state index in [4.69, 9.17) is 21.1 Å². The van der Waals surface area contributed by atoms with Crippen LogP contribution in [0.1, 0.15) is 37.3 Å². The monoisotopic (exact) mass is 618 g/mol. The highest BCUT2D eigenvalue weighted by atomic mass is 35.5. The fourth-order valence-electron chi connectivity index (χ4n) is 7.72. The van der Waals surface area contributed by atoms with E-state index in [9.17, 15) is 14.7 Å². The van der Waals surface area contributed by atoms with Crippen molar-refractivity contribution >= 4 is 48.1 Å². The second-order valence-corrected chi connectivity index (χ2v) is 17.7. The molecule has 3 aromatic rings. The second kappa shape index (κ2) is 11.4. The third-order valence-corrected chi connectivity index (χ3v) is 14.5. The number of ether oxygens (including phenoxy) is 2. The fourth-order valence-corrected chi connectivity index (χ4v) is 12.0. The number of halogens is 1. The molecule has 3 aliphatic rings. The molecule has 0 aliphatic carbocycles. The van der Waals surface area contributed by atoms with E-state index in [0.717, 1.165) is 41.2 Å². The van der Waals surface area contributed by atoms with E-state index in [1.807, 2.05) is 64.4 Å². The minimum atomic E-state index is -2.25. The smallest absolute Gasteiger partial charge is 0.264 e. The van der Waals surface area contributed by atoms with Crippen molar-refractivity contribution in [2.24, 2.45) is 5.92 Å². The van der Waals surface area contributed by atoms with Gasteiger partial charge in [-0.1, -0.05) is 61.1 Å². The molecule has 0 radical (unpaired) electrons. The summed E-state index contributed by atoms with van der Waals surface area (Å²) in [7, 11) is -0.591. The molecule has 7 nitrogen and oxygen atoms in total. The first-order valence-corrected chi connectivity index (χ1v) is 18.5. The van der Waals surface area contributed by atoms with Crippen LogP contribution in [-0.2, 0) is 26.5 Å². The average molecular weight is 619 g/mol. The van der Waals surface area contributed by atoms with Gasteiger partial charge in [-0.15, -0.1) is 0 Å².